The van der Waals surface area contributed by atoms with Crippen LogP contribution in [-0.2, 0) is 4.79 Å². The lowest BCUT2D eigenvalue weighted by Crippen LogP contribution is -2.51. The molecule has 1 N–H and O–H groups in total. The van der Waals surface area contributed by atoms with Crippen LogP contribution in [0.2, 0.25) is 0 Å². The van der Waals surface area contributed by atoms with E-state index in [0.717, 1.165) is 50.6 Å². The van der Waals surface area contributed by atoms with Crippen LogP contribution >= 0.6 is 0 Å². The Balaban J connectivity index is 1.36. The van der Waals surface area contributed by atoms with Crippen molar-refractivity contribution in [1.82, 2.24) is 15.1 Å². The van der Waals surface area contributed by atoms with Crippen molar-refractivity contribution in [3.63, 3.8) is 0 Å². The molecule has 4 fully saturated rings. The van der Waals surface area contributed by atoms with Crippen molar-refractivity contribution in [2.24, 2.45) is 11.8 Å². The van der Waals surface area contributed by atoms with Crippen molar-refractivity contribution in [3.8, 4) is 0 Å². The molecule has 5 nitrogen and oxygen atoms in total. The number of urea groups is 1. The molecule has 0 aromatic rings. The van der Waals surface area contributed by atoms with Gasteiger partial charge >= 0.3 is 6.03 Å². The van der Waals surface area contributed by atoms with E-state index in [1.54, 1.807) is 6.92 Å². The van der Waals surface area contributed by atoms with Crippen molar-refractivity contribution in [2.75, 3.05) is 13.1 Å². The van der Waals surface area contributed by atoms with Crippen LogP contribution in [0, 0.1) is 11.8 Å². The predicted octanol–water partition coefficient (Wildman–Crippen LogP) is 2.36. The average molecular weight is 319 g/mol. The zero-order valence-corrected chi connectivity index (χ0v) is 14.2. The summed E-state index contributed by atoms with van der Waals surface area (Å²) in [5.41, 5.74) is 0. The van der Waals surface area contributed by atoms with Gasteiger partial charge in [-0.25, -0.2) is 4.79 Å². The molecule has 1 heterocycles. The van der Waals surface area contributed by atoms with Gasteiger partial charge in [-0.3, -0.25) is 4.79 Å². The zero-order valence-electron chi connectivity index (χ0n) is 14.2. The molecule has 3 amide bonds. The smallest absolute Gasteiger partial charge is 0.317 e. The highest BCUT2D eigenvalue weighted by atomic mass is 16.2. The lowest BCUT2D eigenvalue weighted by atomic mass is 10.1. The fourth-order valence-corrected chi connectivity index (χ4v) is 4.20. The average Bonchev–Trinajstić information content (AvgIpc) is 3.35. The predicted molar refractivity (Wildman–Crippen MR) is 87.9 cm³/mol. The molecule has 0 aromatic heterocycles. The summed E-state index contributed by atoms with van der Waals surface area (Å²) in [4.78, 5) is 28.7. The molecule has 0 aromatic carbocycles. The highest BCUT2D eigenvalue weighted by Crippen LogP contribution is 2.44. The summed E-state index contributed by atoms with van der Waals surface area (Å²) in [5.74, 6) is 1.62. The summed E-state index contributed by atoms with van der Waals surface area (Å²) in [6.45, 7) is 3.23. The molecule has 0 spiro atoms. The Hall–Kier alpha value is -1.26. The zero-order chi connectivity index (χ0) is 16.0. The maximum atomic E-state index is 12.8. The van der Waals surface area contributed by atoms with Crippen LogP contribution in [0.15, 0.2) is 0 Å². The molecule has 3 saturated carbocycles. The normalized spacial score (nSPS) is 27.4. The lowest BCUT2D eigenvalue weighted by molar-refractivity contribution is -0.130. The maximum Gasteiger partial charge on any atom is 0.317 e. The Labute approximate surface area is 138 Å². The second-order valence-electron chi connectivity index (χ2n) is 8.04. The van der Waals surface area contributed by atoms with Gasteiger partial charge in [-0.2, -0.15) is 0 Å². The summed E-state index contributed by atoms with van der Waals surface area (Å²) in [5, 5.41) is 3.34. The Morgan fingerprint density at radius 2 is 1.74 bits per heavy atom. The minimum absolute atomic E-state index is 0.121. The fraction of sp³-hybridized carbons (Fsp3) is 0.889. The molecule has 5 heteroatoms. The number of rotatable bonds is 6. The third-order valence-electron chi connectivity index (χ3n) is 5.99. The van der Waals surface area contributed by atoms with Gasteiger partial charge in [-0.15, -0.1) is 0 Å². The van der Waals surface area contributed by atoms with Crippen LogP contribution < -0.4 is 5.32 Å². The minimum atomic E-state index is 0.121. The summed E-state index contributed by atoms with van der Waals surface area (Å²) in [6.07, 6.45) is 9.48. The maximum absolute atomic E-state index is 12.8. The third kappa shape index (κ3) is 3.48. The molecular formula is C18H29N3O2. The van der Waals surface area contributed by atoms with Crippen molar-refractivity contribution in [2.45, 2.75) is 76.4 Å². The monoisotopic (exact) mass is 319 g/mol. The SMILES string of the molecule is CC(=O)N(CC1CCCN1C(=O)NC(C1CC1)C1CC1)C1CC1. The number of amides is 3. The van der Waals surface area contributed by atoms with Gasteiger partial charge < -0.3 is 15.1 Å². The van der Waals surface area contributed by atoms with E-state index < -0.39 is 0 Å². The van der Waals surface area contributed by atoms with E-state index in [-0.39, 0.29) is 18.0 Å². The van der Waals surface area contributed by atoms with Crippen LogP contribution in [0.25, 0.3) is 0 Å². The first-order chi connectivity index (χ1) is 11.1. The molecule has 1 aliphatic heterocycles. The molecule has 1 saturated heterocycles. The van der Waals surface area contributed by atoms with Gasteiger partial charge in [-0.1, -0.05) is 0 Å². The molecule has 1 atom stereocenters. The Morgan fingerprint density at radius 3 is 2.26 bits per heavy atom. The van der Waals surface area contributed by atoms with Gasteiger partial charge in [0.1, 0.15) is 0 Å². The fourth-order valence-electron chi connectivity index (χ4n) is 4.20. The van der Waals surface area contributed by atoms with Crippen LogP contribution in [0.5, 0.6) is 0 Å². The van der Waals surface area contributed by atoms with Crippen LogP contribution in [-0.4, -0.2) is 53.0 Å². The Bertz CT molecular complexity index is 471. The first-order valence-corrected chi connectivity index (χ1v) is 9.48. The Kier molecular flexibility index (Phi) is 3.98. The van der Waals surface area contributed by atoms with Gasteiger partial charge in [-0.05, 0) is 63.2 Å². The second-order valence-corrected chi connectivity index (χ2v) is 8.04. The topological polar surface area (TPSA) is 52.7 Å². The number of hydrogen-bond donors (Lipinski definition) is 1. The first-order valence-electron chi connectivity index (χ1n) is 9.48. The largest absolute Gasteiger partial charge is 0.338 e. The number of carbonyl (C=O) groups is 2. The number of likely N-dealkylation sites (tertiary alicyclic amines) is 1. The number of nitrogens with zero attached hydrogens (tertiary/aromatic N) is 2. The highest BCUT2D eigenvalue weighted by Gasteiger charge is 2.44. The molecule has 0 bridgehead atoms. The van der Waals surface area contributed by atoms with E-state index in [1.807, 2.05) is 9.80 Å². The van der Waals surface area contributed by atoms with E-state index in [4.69, 9.17) is 0 Å². The minimum Gasteiger partial charge on any atom is -0.338 e. The molecule has 0 radical (unpaired) electrons. The second kappa shape index (κ2) is 5.99. The van der Waals surface area contributed by atoms with Gasteiger partial charge in [0.05, 0.1) is 6.04 Å². The molecule has 4 rings (SSSR count). The van der Waals surface area contributed by atoms with E-state index in [2.05, 4.69) is 5.32 Å². The van der Waals surface area contributed by atoms with Crippen molar-refractivity contribution >= 4 is 11.9 Å². The van der Waals surface area contributed by atoms with Crippen LogP contribution in [0.4, 0.5) is 4.79 Å². The molecule has 23 heavy (non-hydrogen) atoms. The van der Waals surface area contributed by atoms with Gasteiger partial charge in [0, 0.05) is 32.1 Å². The van der Waals surface area contributed by atoms with E-state index in [1.165, 1.54) is 25.7 Å². The Morgan fingerprint density at radius 1 is 1.09 bits per heavy atom. The van der Waals surface area contributed by atoms with Gasteiger partial charge in [0.25, 0.3) is 0 Å². The quantitative estimate of drug-likeness (QED) is 0.817. The number of hydrogen-bond acceptors (Lipinski definition) is 2. The summed E-state index contributed by atoms with van der Waals surface area (Å²) in [6, 6.07) is 1.17. The molecule has 4 aliphatic rings. The van der Waals surface area contributed by atoms with Crippen molar-refractivity contribution in [1.29, 1.82) is 0 Å². The first kappa shape index (κ1) is 15.3. The molecule has 128 valence electrons. The van der Waals surface area contributed by atoms with Crippen LogP contribution in [0.1, 0.15) is 58.3 Å². The van der Waals surface area contributed by atoms with Crippen molar-refractivity contribution < 1.29 is 9.59 Å². The highest BCUT2D eigenvalue weighted by molar-refractivity contribution is 5.76. The van der Waals surface area contributed by atoms with Crippen molar-refractivity contribution in [3.05, 3.63) is 0 Å². The van der Waals surface area contributed by atoms with Crippen LogP contribution in [0.3, 0.4) is 0 Å². The van der Waals surface area contributed by atoms with Gasteiger partial charge in [0.2, 0.25) is 5.91 Å². The summed E-state index contributed by atoms with van der Waals surface area (Å²) < 4.78 is 0. The number of nitrogens with one attached hydrogen (secondary N) is 1. The summed E-state index contributed by atoms with van der Waals surface area (Å²) in [7, 11) is 0. The van der Waals surface area contributed by atoms with E-state index >= 15 is 0 Å². The van der Waals surface area contributed by atoms with Gasteiger partial charge in [0.15, 0.2) is 0 Å². The number of carbonyl (C=O) groups excluding carboxylic acids is 2. The molecule has 1 unspecified atom stereocenters. The molecule has 3 aliphatic carbocycles. The van der Waals surface area contributed by atoms with E-state index in [0.29, 0.717) is 12.1 Å². The lowest BCUT2D eigenvalue weighted by Gasteiger charge is -2.32. The van der Waals surface area contributed by atoms with E-state index in [9.17, 15) is 9.59 Å². The standard InChI is InChI=1S/C18H29N3O2/c1-12(22)21(15-8-9-15)11-16-3-2-10-20(16)18(23)19-17(13-4-5-13)14-6-7-14/h13-17H,2-11H2,1H3,(H,19,23). The third-order valence-corrected chi connectivity index (χ3v) is 5.99. The molecular weight excluding hydrogens is 290 g/mol. The summed E-state index contributed by atoms with van der Waals surface area (Å²) >= 11 is 0.